The number of ether oxygens (including phenoxy) is 2. The molecule has 1 unspecified atom stereocenters. The SMILES string of the molecule is COc1cc(Cl)ccc1N=NC(C(C)=O)C(=O)Nc1ccccc1OC. The third-order valence-electron chi connectivity index (χ3n) is 3.42. The Morgan fingerprint density at radius 1 is 1.08 bits per heavy atom. The number of carbonyl (C=O) groups is 2. The average Bonchev–Trinajstić information content (AvgIpc) is 2.63. The van der Waals surface area contributed by atoms with Crippen LogP contribution in [0.2, 0.25) is 5.02 Å². The van der Waals surface area contributed by atoms with Crippen molar-refractivity contribution in [2.45, 2.75) is 13.0 Å². The van der Waals surface area contributed by atoms with Gasteiger partial charge in [0, 0.05) is 11.1 Å². The van der Waals surface area contributed by atoms with Gasteiger partial charge in [-0.3, -0.25) is 9.59 Å². The lowest BCUT2D eigenvalue weighted by Crippen LogP contribution is -2.31. The third-order valence-corrected chi connectivity index (χ3v) is 3.66. The normalized spacial score (nSPS) is 11.8. The van der Waals surface area contributed by atoms with E-state index in [1.807, 2.05) is 0 Å². The molecule has 8 heteroatoms. The molecule has 0 saturated carbocycles. The number of rotatable bonds is 7. The number of nitrogens with one attached hydrogen (secondary N) is 1. The van der Waals surface area contributed by atoms with E-state index in [9.17, 15) is 9.59 Å². The second-order valence-corrected chi connectivity index (χ2v) is 5.67. The minimum absolute atomic E-state index is 0.355. The summed E-state index contributed by atoms with van der Waals surface area (Å²) in [6.45, 7) is 1.27. The molecule has 26 heavy (non-hydrogen) atoms. The van der Waals surface area contributed by atoms with E-state index in [0.717, 1.165) is 0 Å². The number of benzene rings is 2. The Hall–Kier alpha value is -2.93. The number of methoxy groups -OCH3 is 2. The van der Waals surface area contributed by atoms with Gasteiger partial charge in [-0.1, -0.05) is 23.7 Å². The van der Waals surface area contributed by atoms with Crippen LogP contribution in [0.15, 0.2) is 52.7 Å². The Bertz CT molecular complexity index is 839. The summed E-state index contributed by atoms with van der Waals surface area (Å²) in [5, 5.41) is 11.0. The maximum Gasteiger partial charge on any atom is 0.258 e. The highest BCUT2D eigenvalue weighted by atomic mass is 35.5. The van der Waals surface area contributed by atoms with Crippen LogP contribution in [0.4, 0.5) is 11.4 Å². The van der Waals surface area contributed by atoms with E-state index in [1.54, 1.807) is 42.5 Å². The molecule has 1 amide bonds. The number of hydrogen-bond acceptors (Lipinski definition) is 6. The van der Waals surface area contributed by atoms with E-state index in [4.69, 9.17) is 21.1 Å². The molecule has 2 rings (SSSR count). The van der Waals surface area contributed by atoms with Gasteiger partial charge in [-0.15, -0.1) is 0 Å². The lowest BCUT2D eigenvalue weighted by molar-refractivity contribution is -0.126. The summed E-state index contributed by atoms with van der Waals surface area (Å²) >= 11 is 5.90. The van der Waals surface area contributed by atoms with Crippen LogP contribution >= 0.6 is 11.6 Å². The summed E-state index contributed by atoms with van der Waals surface area (Å²) in [6, 6.07) is 10.3. The predicted octanol–water partition coefficient (Wildman–Crippen LogP) is 4.04. The zero-order chi connectivity index (χ0) is 19.1. The number of Topliss-reactive ketones (excluding diaryl/α,β-unsaturated/α-hetero) is 1. The van der Waals surface area contributed by atoms with Crippen molar-refractivity contribution in [2.75, 3.05) is 19.5 Å². The second-order valence-electron chi connectivity index (χ2n) is 5.23. The van der Waals surface area contributed by atoms with Crippen LogP contribution in [-0.2, 0) is 9.59 Å². The number of hydrogen-bond donors (Lipinski definition) is 1. The van der Waals surface area contributed by atoms with Gasteiger partial charge in [0.2, 0.25) is 6.04 Å². The summed E-state index contributed by atoms with van der Waals surface area (Å²) in [5.41, 5.74) is 0.791. The van der Waals surface area contributed by atoms with Crippen LogP contribution in [0, 0.1) is 0 Å². The predicted molar refractivity (Wildman–Crippen MR) is 98.6 cm³/mol. The first-order chi connectivity index (χ1) is 12.5. The van der Waals surface area contributed by atoms with Gasteiger partial charge in [0.1, 0.15) is 17.2 Å². The molecule has 0 saturated heterocycles. The van der Waals surface area contributed by atoms with E-state index >= 15 is 0 Å². The first kappa shape index (κ1) is 19.4. The Morgan fingerprint density at radius 2 is 1.77 bits per heavy atom. The van der Waals surface area contributed by atoms with Crippen LogP contribution in [0.1, 0.15) is 6.92 Å². The molecule has 136 valence electrons. The topological polar surface area (TPSA) is 89.4 Å². The molecule has 2 aromatic carbocycles. The van der Waals surface area contributed by atoms with Crippen molar-refractivity contribution in [1.82, 2.24) is 0 Å². The summed E-state index contributed by atoms with van der Waals surface area (Å²) < 4.78 is 10.3. The second kappa shape index (κ2) is 8.96. The molecule has 2 aromatic rings. The Balaban J connectivity index is 2.23. The van der Waals surface area contributed by atoms with Gasteiger partial charge in [-0.2, -0.15) is 10.2 Å². The van der Waals surface area contributed by atoms with Gasteiger partial charge >= 0.3 is 0 Å². The Morgan fingerprint density at radius 3 is 2.42 bits per heavy atom. The number of halogens is 1. The van der Waals surface area contributed by atoms with E-state index in [1.165, 1.54) is 21.1 Å². The number of anilines is 1. The molecule has 1 atom stereocenters. The van der Waals surface area contributed by atoms with Crippen molar-refractivity contribution < 1.29 is 19.1 Å². The minimum atomic E-state index is -1.31. The monoisotopic (exact) mass is 375 g/mol. The van der Waals surface area contributed by atoms with E-state index in [-0.39, 0.29) is 0 Å². The Kier molecular flexibility index (Phi) is 6.68. The molecule has 0 aliphatic rings. The van der Waals surface area contributed by atoms with Gasteiger partial charge in [-0.25, -0.2) is 0 Å². The van der Waals surface area contributed by atoms with E-state index < -0.39 is 17.7 Å². The standard InChI is InChI=1S/C18H18ClN3O4/c1-11(23)17(18(24)20-13-6-4-5-7-15(13)25-2)22-21-14-9-8-12(19)10-16(14)26-3/h4-10,17H,1-3H3,(H,20,24). The summed E-state index contributed by atoms with van der Waals surface area (Å²) in [4.78, 5) is 24.3. The highest BCUT2D eigenvalue weighted by molar-refractivity contribution is 6.30. The third kappa shape index (κ3) is 4.80. The molecule has 0 aliphatic carbocycles. The maximum atomic E-state index is 12.5. The zero-order valence-corrected chi connectivity index (χ0v) is 15.3. The highest BCUT2D eigenvalue weighted by Crippen LogP contribution is 2.31. The van der Waals surface area contributed by atoms with Crippen molar-refractivity contribution >= 4 is 34.7 Å². The van der Waals surface area contributed by atoms with Crippen LogP contribution in [0.5, 0.6) is 11.5 Å². The largest absolute Gasteiger partial charge is 0.495 e. The maximum absolute atomic E-state index is 12.5. The molecule has 0 aliphatic heterocycles. The lowest BCUT2D eigenvalue weighted by atomic mass is 10.2. The summed E-state index contributed by atoms with van der Waals surface area (Å²) in [7, 11) is 2.95. The zero-order valence-electron chi connectivity index (χ0n) is 14.5. The number of carbonyl (C=O) groups excluding carboxylic acids is 2. The van der Waals surface area contributed by atoms with Crippen LogP contribution in [0.3, 0.4) is 0 Å². The van der Waals surface area contributed by atoms with E-state index in [2.05, 4.69) is 15.5 Å². The highest BCUT2D eigenvalue weighted by Gasteiger charge is 2.24. The van der Waals surface area contributed by atoms with Gasteiger partial charge in [0.05, 0.1) is 19.9 Å². The number of nitrogens with zero attached hydrogens (tertiary/aromatic N) is 2. The average molecular weight is 376 g/mol. The summed E-state index contributed by atoms with van der Waals surface area (Å²) in [5.74, 6) is -0.207. The molecule has 0 aromatic heterocycles. The fourth-order valence-corrected chi connectivity index (χ4v) is 2.28. The van der Waals surface area contributed by atoms with Crippen molar-refractivity contribution in [3.8, 4) is 11.5 Å². The summed E-state index contributed by atoms with van der Waals surface area (Å²) in [6.07, 6.45) is 0. The number of amides is 1. The number of ketones is 1. The van der Waals surface area contributed by atoms with Gasteiger partial charge in [0.15, 0.2) is 5.78 Å². The van der Waals surface area contributed by atoms with Gasteiger partial charge < -0.3 is 14.8 Å². The smallest absolute Gasteiger partial charge is 0.258 e. The molecular weight excluding hydrogens is 358 g/mol. The fraction of sp³-hybridized carbons (Fsp3) is 0.222. The Labute approximate surface area is 156 Å². The molecule has 0 heterocycles. The lowest BCUT2D eigenvalue weighted by Gasteiger charge is -2.12. The molecule has 1 N–H and O–H groups in total. The van der Waals surface area contributed by atoms with E-state index in [0.29, 0.717) is 27.9 Å². The first-order valence-corrected chi connectivity index (χ1v) is 8.02. The van der Waals surface area contributed by atoms with Gasteiger partial charge in [-0.05, 0) is 31.2 Å². The number of para-hydroxylation sites is 2. The van der Waals surface area contributed by atoms with Crippen LogP contribution in [-0.4, -0.2) is 32.0 Å². The molecule has 7 nitrogen and oxygen atoms in total. The quantitative estimate of drug-likeness (QED) is 0.584. The molecule has 0 fully saturated rings. The van der Waals surface area contributed by atoms with Crippen molar-refractivity contribution in [3.63, 3.8) is 0 Å². The first-order valence-electron chi connectivity index (χ1n) is 7.65. The molecule has 0 radical (unpaired) electrons. The molecule has 0 bridgehead atoms. The van der Waals surface area contributed by atoms with Crippen molar-refractivity contribution in [1.29, 1.82) is 0 Å². The molecular formula is C18H18ClN3O4. The van der Waals surface area contributed by atoms with Crippen LogP contribution in [0.25, 0.3) is 0 Å². The fourth-order valence-electron chi connectivity index (χ4n) is 2.12. The molecule has 0 spiro atoms. The van der Waals surface area contributed by atoms with Crippen molar-refractivity contribution in [2.24, 2.45) is 10.2 Å². The minimum Gasteiger partial charge on any atom is -0.495 e. The number of azo groups is 1. The van der Waals surface area contributed by atoms with Crippen molar-refractivity contribution in [3.05, 3.63) is 47.5 Å². The van der Waals surface area contributed by atoms with Crippen LogP contribution < -0.4 is 14.8 Å². The van der Waals surface area contributed by atoms with Gasteiger partial charge in [0.25, 0.3) is 5.91 Å².